The van der Waals surface area contributed by atoms with E-state index in [0.717, 1.165) is 23.5 Å². The van der Waals surface area contributed by atoms with Crippen molar-refractivity contribution in [2.24, 2.45) is 0 Å². The maximum atomic E-state index is 14.1. The van der Waals surface area contributed by atoms with Crippen LogP contribution in [0.5, 0.6) is 0 Å². The van der Waals surface area contributed by atoms with E-state index in [4.69, 9.17) is 0 Å². The van der Waals surface area contributed by atoms with E-state index in [-0.39, 0.29) is 5.82 Å². The van der Waals surface area contributed by atoms with Crippen LogP contribution in [-0.2, 0) is 13.1 Å². The predicted molar refractivity (Wildman–Crippen MR) is 87.3 cm³/mol. The number of hydrogen-bond donors (Lipinski definition) is 1. The fourth-order valence-corrected chi connectivity index (χ4v) is 2.99. The number of anilines is 1. The minimum atomic E-state index is -0.159. The molecule has 0 saturated carbocycles. The smallest absolute Gasteiger partial charge is 0.129 e. The van der Waals surface area contributed by atoms with Crippen LogP contribution in [0.2, 0.25) is 0 Å². The number of aromatic nitrogens is 1. The van der Waals surface area contributed by atoms with Crippen molar-refractivity contribution in [1.29, 1.82) is 0 Å². The molecule has 0 aliphatic heterocycles. The zero-order chi connectivity index (χ0) is 15.4. The van der Waals surface area contributed by atoms with Crippen LogP contribution in [0.15, 0.2) is 23.7 Å². The molecule has 2 rings (SSSR count). The van der Waals surface area contributed by atoms with Gasteiger partial charge in [0.15, 0.2) is 0 Å². The SMILES string of the molecule is Cc1ncsc1CN(C)c1cccc(F)c1CNC(C)C. The molecule has 5 heteroatoms. The number of benzene rings is 1. The Morgan fingerprint density at radius 1 is 1.38 bits per heavy atom. The third kappa shape index (κ3) is 4.02. The van der Waals surface area contributed by atoms with E-state index in [1.807, 2.05) is 25.5 Å². The summed E-state index contributed by atoms with van der Waals surface area (Å²) in [4.78, 5) is 7.57. The van der Waals surface area contributed by atoms with Gasteiger partial charge in [-0.05, 0) is 19.1 Å². The largest absolute Gasteiger partial charge is 0.369 e. The second-order valence-electron chi connectivity index (χ2n) is 5.49. The fourth-order valence-electron chi connectivity index (χ4n) is 2.16. The molecule has 0 fully saturated rings. The Bertz CT molecular complexity index is 595. The van der Waals surface area contributed by atoms with Gasteiger partial charge in [0.05, 0.1) is 17.7 Å². The van der Waals surface area contributed by atoms with Crippen molar-refractivity contribution in [3.05, 3.63) is 45.7 Å². The maximum Gasteiger partial charge on any atom is 0.129 e. The van der Waals surface area contributed by atoms with Gasteiger partial charge in [-0.1, -0.05) is 19.9 Å². The van der Waals surface area contributed by atoms with E-state index in [1.54, 1.807) is 17.4 Å². The molecular weight excluding hydrogens is 285 g/mol. The van der Waals surface area contributed by atoms with Gasteiger partial charge in [0, 0.05) is 35.8 Å². The average Bonchev–Trinajstić information content (AvgIpc) is 2.82. The summed E-state index contributed by atoms with van der Waals surface area (Å²) in [6.07, 6.45) is 0. The Hall–Kier alpha value is -1.46. The van der Waals surface area contributed by atoms with E-state index >= 15 is 0 Å². The van der Waals surface area contributed by atoms with E-state index < -0.39 is 0 Å². The van der Waals surface area contributed by atoms with Crippen molar-refractivity contribution in [2.75, 3.05) is 11.9 Å². The molecule has 2 aromatic rings. The van der Waals surface area contributed by atoms with Crippen molar-refractivity contribution in [2.45, 2.75) is 39.9 Å². The summed E-state index contributed by atoms with van der Waals surface area (Å²) in [6, 6.07) is 5.58. The van der Waals surface area contributed by atoms with Gasteiger partial charge in [-0.3, -0.25) is 0 Å². The Kier molecular flexibility index (Phi) is 5.31. The molecule has 0 bridgehead atoms. The third-order valence-electron chi connectivity index (χ3n) is 3.42. The fraction of sp³-hybridized carbons (Fsp3) is 0.438. The van der Waals surface area contributed by atoms with Crippen LogP contribution in [0.3, 0.4) is 0 Å². The zero-order valence-corrected chi connectivity index (χ0v) is 13.8. The lowest BCUT2D eigenvalue weighted by Crippen LogP contribution is -2.25. The second kappa shape index (κ2) is 7.00. The highest BCUT2D eigenvalue weighted by Gasteiger charge is 2.14. The van der Waals surface area contributed by atoms with Gasteiger partial charge in [0.25, 0.3) is 0 Å². The molecule has 0 spiro atoms. The summed E-state index contributed by atoms with van der Waals surface area (Å²) >= 11 is 1.64. The molecule has 114 valence electrons. The van der Waals surface area contributed by atoms with Crippen LogP contribution in [-0.4, -0.2) is 18.1 Å². The minimum absolute atomic E-state index is 0.159. The molecule has 0 aliphatic rings. The molecule has 21 heavy (non-hydrogen) atoms. The molecule has 3 nitrogen and oxygen atoms in total. The molecule has 0 aliphatic carbocycles. The molecule has 1 aromatic heterocycles. The monoisotopic (exact) mass is 307 g/mol. The van der Waals surface area contributed by atoms with Crippen molar-refractivity contribution in [3.63, 3.8) is 0 Å². The number of halogens is 1. The van der Waals surface area contributed by atoms with E-state index in [1.165, 1.54) is 10.9 Å². The first-order chi connectivity index (χ1) is 9.99. The summed E-state index contributed by atoms with van der Waals surface area (Å²) in [6.45, 7) is 7.41. The van der Waals surface area contributed by atoms with Crippen LogP contribution >= 0.6 is 11.3 Å². The van der Waals surface area contributed by atoms with Crippen LogP contribution in [0.1, 0.15) is 30.0 Å². The second-order valence-corrected chi connectivity index (χ2v) is 6.43. The van der Waals surface area contributed by atoms with Gasteiger partial charge in [-0.15, -0.1) is 11.3 Å². The number of thiazole rings is 1. The first-order valence-electron chi connectivity index (χ1n) is 7.10. The highest BCUT2D eigenvalue weighted by atomic mass is 32.1. The van der Waals surface area contributed by atoms with Gasteiger partial charge in [0.1, 0.15) is 5.82 Å². The van der Waals surface area contributed by atoms with Gasteiger partial charge in [-0.25, -0.2) is 9.37 Å². The Morgan fingerprint density at radius 2 is 2.14 bits per heavy atom. The van der Waals surface area contributed by atoms with Crippen molar-refractivity contribution in [1.82, 2.24) is 10.3 Å². The standard InChI is InChI=1S/C16H22FN3S/c1-11(2)18-8-13-14(17)6-5-7-15(13)20(4)9-16-12(3)19-10-21-16/h5-7,10-11,18H,8-9H2,1-4H3. The summed E-state index contributed by atoms with van der Waals surface area (Å²) < 4.78 is 14.1. The van der Waals surface area contributed by atoms with Gasteiger partial charge in [0.2, 0.25) is 0 Å². The highest BCUT2D eigenvalue weighted by Crippen LogP contribution is 2.25. The topological polar surface area (TPSA) is 28.2 Å². The van der Waals surface area contributed by atoms with Gasteiger partial charge < -0.3 is 10.2 Å². The summed E-state index contributed by atoms with van der Waals surface area (Å²) in [5.41, 5.74) is 4.54. The summed E-state index contributed by atoms with van der Waals surface area (Å²) in [5, 5.41) is 3.29. The highest BCUT2D eigenvalue weighted by molar-refractivity contribution is 7.09. The maximum absolute atomic E-state index is 14.1. The van der Waals surface area contributed by atoms with Crippen molar-refractivity contribution in [3.8, 4) is 0 Å². The normalized spacial score (nSPS) is 11.1. The molecule has 0 unspecified atom stereocenters. The number of nitrogens with zero attached hydrogens (tertiary/aromatic N) is 2. The molecule has 0 atom stereocenters. The number of nitrogens with one attached hydrogen (secondary N) is 1. The van der Waals surface area contributed by atoms with E-state index in [0.29, 0.717) is 12.6 Å². The number of rotatable bonds is 6. The molecule has 0 saturated heterocycles. The third-order valence-corrected chi connectivity index (χ3v) is 4.34. The Balaban J connectivity index is 2.21. The molecular formula is C16H22FN3S. The lowest BCUT2D eigenvalue weighted by atomic mass is 10.1. The lowest BCUT2D eigenvalue weighted by Gasteiger charge is -2.23. The number of hydrogen-bond acceptors (Lipinski definition) is 4. The zero-order valence-electron chi connectivity index (χ0n) is 13.0. The van der Waals surface area contributed by atoms with Crippen molar-refractivity contribution < 1.29 is 4.39 Å². The molecule has 0 radical (unpaired) electrons. The Labute approximate surface area is 129 Å². The van der Waals surface area contributed by atoms with Crippen LogP contribution in [0.25, 0.3) is 0 Å². The lowest BCUT2D eigenvalue weighted by molar-refractivity contribution is 0.552. The quantitative estimate of drug-likeness (QED) is 0.881. The molecule has 1 aromatic carbocycles. The minimum Gasteiger partial charge on any atom is -0.369 e. The Morgan fingerprint density at radius 3 is 2.76 bits per heavy atom. The van der Waals surface area contributed by atoms with Crippen molar-refractivity contribution >= 4 is 17.0 Å². The van der Waals surface area contributed by atoms with Crippen LogP contribution < -0.4 is 10.2 Å². The summed E-state index contributed by atoms with van der Waals surface area (Å²) in [5.74, 6) is -0.159. The van der Waals surface area contributed by atoms with E-state index in [2.05, 4.69) is 29.0 Å². The number of aryl methyl sites for hydroxylation is 1. The molecule has 1 heterocycles. The van der Waals surface area contributed by atoms with Gasteiger partial charge >= 0.3 is 0 Å². The average molecular weight is 307 g/mol. The first kappa shape index (κ1) is 15.9. The molecule has 0 amide bonds. The summed E-state index contributed by atoms with van der Waals surface area (Å²) in [7, 11) is 1.99. The van der Waals surface area contributed by atoms with Crippen LogP contribution in [0, 0.1) is 12.7 Å². The first-order valence-corrected chi connectivity index (χ1v) is 7.98. The predicted octanol–water partition coefficient (Wildman–Crippen LogP) is 3.73. The van der Waals surface area contributed by atoms with Gasteiger partial charge in [-0.2, -0.15) is 0 Å². The van der Waals surface area contributed by atoms with E-state index in [9.17, 15) is 4.39 Å². The van der Waals surface area contributed by atoms with Crippen LogP contribution in [0.4, 0.5) is 10.1 Å². The molecule has 1 N–H and O–H groups in total.